The normalized spacial score (nSPS) is 55.4. The second-order valence-electron chi connectivity index (χ2n) is 2.81. The van der Waals surface area contributed by atoms with Gasteiger partial charge in [-0.3, -0.25) is 0 Å². The molecule has 0 saturated carbocycles. The summed E-state index contributed by atoms with van der Waals surface area (Å²) in [6.45, 7) is -0.301. The molecule has 0 spiro atoms. The Labute approximate surface area is 63.2 Å². The number of aliphatic hydroxyl groups excluding tert-OH is 3. The second kappa shape index (κ2) is 2.40. The topological polar surface area (TPSA) is 82.5 Å². The highest BCUT2D eigenvalue weighted by atomic mass is 16.8. The van der Waals surface area contributed by atoms with Crippen LogP contribution in [0.2, 0.25) is 0 Å². The van der Waals surface area contributed by atoms with Crippen molar-refractivity contribution in [1.29, 1.82) is 0 Å². The van der Waals surface area contributed by atoms with Crippen molar-refractivity contribution in [2.45, 2.75) is 30.7 Å². The first-order chi connectivity index (χ1) is 5.24. The van der Waals surface area contributed by atoms with Gasteiger partial charge in [0.15, 0.2) is 6.29 Å². The number of fused-ring (bicyclic) bond motifs is 1. The fourth-order valence-corrected chi connectivity index (χ4v) is 1.28. The van der Waals surface area contributed by atoms with Crippen molar-refractivity contribution >= 4 is 0 Å². The Bertz CT molecular complexity index is 161. The van der Waals surface area contributed by atoms with E-state index in [2.05, 4.69) is 0 Å². The first kappa shape index (κ1) is 7.45. The summed E-state index contributed by atoms with van der Waals surface area (Å²) in [5, 5.41) is 27.1. The van der Waals surface area contributed by atoms with E-state index in [0.717, 1.165) is 0 Å². The maximum absolute atomic E-state index is 9.22. The summed E-state index contributed by atoms with van der Waals surface area (Å²) in [7, 11) is 0. The molecule has 2 saturated heterocycles. The van der Waals surface area contributed by atoms with Crippen molar-refractivity contribution in [3.05, 3.63) is 0 Å². The van der Waals surface area contributed by atoms with E-state index in [0.29, 0.717) is 0 Å². The van der Waals surface area contributed by atoms with Gasteiger partial charge in [0.2, 0.25) is 0 Å². The molecule has 0 aromatic carbocycles. The zero-order valence-electron chi connectivity index (χ0n) is 5.75. The van der Waals surface area contributed by atoms with Crippen LogP contribution < -0.4 is 0 Å². The van der Waals surface area contributed by atoms with Gasteiger partial charge in [0.05, 0.1) is 6.61 Å². The first-order valence-electron chi connectivity index (χ1n) is 3.52. The molecular weight excluding hydrogens is 152 g/mol. The molecule has 2 aliphatic rings. The molecule has 0 aromatic heterocycles. The molecule has 5 nitrogen and oxygen atoms in total. The van der Waals surface area contributed by atoms with Gasteiger partial charge in [-0.15, -0.1) is 0 Å². The van der Waals surface area contributed by atoms with Gasteiger partial charge in [0, 0.05) is 0 Å². The van der Waals surface area contributed by atoms with Gasteiger partial charge in [0.1, 0.15) is 24.4 Å². The van der Waals surface area contributed by atoms with E-state index in [4.69, 9.17) is 14.6 Å². The van der Waals surface area contributed by atoms with E-state index in [1.54, 1.807) is 0 Å². The van der Waals surface area contributed by atoms with Gasteiger partial charge in [-0.25, -0.2) is 0 Å². The third-order valence-electron chi connectivity index (χ3n) is 2.04. The summed E-state index contributed by atoms with van der Waals surface area (Å²) in [6, 6.07) is 0. The summed E-state index contributed by atoms with van der Waals surface area (Å²) in [6.07, 6.45) is -3.50. The smallest absolute Gasteiger partial charge is 0.187 e. The van der Waals surface area contributed by atoms with Crippen LogP contribution >= 0.6 is 0 Å². The molecule has 2 aliphatic heterocycles. The first-order valence-corrected chi connectivity index (χ1v) is 3.52. The Kier molecular flexibility index (Phi) is 1.62. The van der Waals surface area contributed by atoms with Gasteiger partial charge < -0.3 is 24.8 Å². The number of hydrogen-bond donors (Lipinski definition) is 3. The highest BCUT2D eigenvalue weighted by Gasteiger charge is 2.55. The molecule has 2 fully saturated rings. The summed E-state index contributed by atoms with van der Waals surface area (Å²) >= 11 is 0. The van der Waals surface area contributed by atoms with Crippen molar-refractivity contribution in [3.8, 4) is 0 Å². The van der Waals surface area contributed by atoms with Gasteiger partial charge in [0.25, 0.3) is 0 Å². The van der Waals surface area contributed by atoms with Gasteiger partial charge >= 0.3 is 0 Å². The lowest BCUT2D eigenvalue weighted by molar-refractivity contribution is -0.144. The number of rotatable bonds is 1. The molecule has 0 aliphatic carbocycles. The van der Waals surface area contributed by atoms with E-state index in [1.807, 2.05) is 0 Å². The minimum Gasteiger partial charge on any atom is -0.394 e. The van der Waals surface area contributed by atoms with Crippen molar-refractivity contribution in [1.82, 2.24) is 0 Å². The highest BCUT2D eigenvalue weighted by molar-refractivity contribution is 4.96. The van der Waals surface area contributed by atoms with E-state index in [-0.39, 0.29) is 6.61 Å². The lowest BCUT2D eigenvalue weighted by Crippen LogP contribution is -2.48. The summed E-state index contributed by atoms with van der Waals surface area (Å²) in [4.78, 5) is 0. The molecule has 3 N–H and O–H groups in total. The average Bonchev–Trinajstić information content (AvgIpc) is 2.75. The van der Waals surface area contributed by atoms with Gasteiger partial charge in [-0.05, 0) is 0 Å². The predicted molar refractivity (Wildman–Crippen MR) is 32.6 cm³/mol. The number of ether oxygens (including phenoxy) is 2. The van der Waals surface area contributed by atoms with Crippen LogP contribution in [0.3, 0.4) is 0 Å². The maximum atomic E-state index is 9.22. The van der Waals surface area contributed by atoms with Gasteiger partial charge in [-0.2, -0.15) is 0 Å². The standard InChI is InChI=1S/C6H10O5/c7-1-2-3(8)4(9)5-6(10-2)11-5/h2-9H,1H2/t2-,3-,4+,5+,6-/m1/s1. The fraction of sp³-hybridized carbons (Fsp3) is 1.00. The Morgan fingerprint density at radius 1 is 1.09 bits per heavy atom. The Morgan fingerprint density at radius 3 is 2.45 bits per heavy atom. The van der Waals surface area contributed by atoms with E-state index < -0.39 is 30.7 Å². The summed E-state index contributed by atoms with van der Waals surface area (Å²) in [5.41, 5.74) is 0. The monoisotopic (exact) mass is 162 g/mol. The molecule has 5 atom stereocenters. The Morgan fingerprint density at radius 2 is 1.82 bits per heavy atom. The Hall–Kier alpha value is -0.200. The van der Waals surface area contributed by atoms with E-state index in [1.165, 1.54) is 0 Å². The van der Waals surface area contributed by atoms with Crippen LogP contribution in [0.15, 0.2) is 0 Å². The fourth-order valence-electron chi connectivity index (χ4n) is 1.28. The van der Waals surface area contributed by atoms with Crippen LogP contribution in [-0.2, 0) is 9.47 Å². The minimum absolute atomic E-state index is 0.301. The third kappa shape index (κ3) is 1.05. The van der Waals surface area contributed by atoms with Crippen molar-refractivity contribution in [3.63, 3.8) is 0 Å². The van der Waals surface area contributed by atoms with Crippen LogP contribution in [0.5, 0.6) is 0 Å². The predicted octanol–water partition coefficient (Wildman–Crippen LogP) is -2.18. The van der Waals surface area contributed by atoms with Gasteiger partial charge in [-0.1, -0.05) is 0 Å². The molecule has 0 amide bonds. The lowest BCUT2D eigenvalue weighted by Gasteiger charge is -2.27. The molecule has 0 unspecified atom stereocenters. The van der Waals surface area contributed by atoms with Crippen LogP contribution in [0.1, 0.15) is 0 Å². The number of aliphatic hydroxyl groups is 3. The average molecular weight is 162 g/mol. The van der Waals surface area contributed by atoms with Crippen molar-refractivity contribution in [2.75, 3.05) is 6.61 Å². The van der Waals surface area contributed by atoms with E-state index in [9.17, 15) is 10.2 Å². The summed E-state index contributed by atoms with van der Waals surface area (Å²) in [5.74, 6) is 0. The molecular formula is C6H10O5. The number of hydrogen-bond acceptors (Lipinski definition) is 5. The van der Waals surface area contributed by atoms with Crippen LogP contribution in [-0.4, -0.2) is 52.6 Å². The van der Waals surface area contributed by atoms with E-state index >= 15 is 0 Å². The molecule has 11 heavy (non-hydrogen) atoms. The summed E-state index contributed by atoms with van der Waals surface area (Å²) < 4.78 is 9.86. The third-order valence-corrected chi connectivity index (χ3v) is 2.04. The zero-order chi connectivity index (χ0) is 8.01. The van der Waals surface area contributed by atoms with Crippen molar-refractivity contribution in [2.24, 2.45) is 0 Å². The molecule has 0 radical (unpaired) electrons. The second-order valence-corrected chi connectivity index (χ2v) is 2.81. The molecule has 2 rings (SSSR count). The maximum Gasteiger partial charge on any atom is 0.187 e. The SMILES string of the molecule is OC[C@H]1O[C@@H]2O[C@H]2[C@@H](O)[C@@H]1O. The highest BCUT2D eigenvalue weighted by Crippen LogP contribution is 2.35. The quantitative estimate of drug-likeness (QED) is 0.382. The number of epoxide rings is 1. The van der Waals surface area contributed by atoms with Crippen LogP contribution in [0, 0.1) is 0 Å². The zero-order valence-corrected chi connectivity index (χ0v) is 5.75. The Balaban J connectivity index is 2.03. The lowest BCUT2D eigenvalue weighted by atomic mass is 10.0. The minimum atomic E-state index is -1.04. The molecule has 5 heteroatoms. The van der Waals surface area contributed by atoms with Crippen molar-refractivity contribution < 1.29 is 24.8 Å². The molecule has 64 valence electrons. The molecule has 2 heterocycles. The molecule has 0 aromatic rings. The van der Waals surface area contributed by atoms with Crippen LogP contribution in [0.25, 0.3) is 0 Å². The van der Waals surface area contributed by atoms with Crippen LogP contribution in [0.4, 0.5) is 0 Å². The largest absolute Gasteiger partial charge is 0.394 e. The molecule has 0 bridgehead atoms.